The minimum Gasteiger partial charge on any atom is -0.381 e. The van der Waals surface area contributed by atoms with Crippen molar-refractivity contribution in [1.82, 2.24) is 9.80 Å². The van der Waals surface area contributed by atoms with Gasteiger partial charge in [0.25, 0.3) is 5.91 Å². The number of piperazine rings is 1. The maximum absolute atomic E-state index is 12.1. The Labute approximate surface area is 109 Å². The van der Waals surface area contributed by atoms with Crippen LogP contribution in [0, 0.1) is 0 Å². The molecule has 18 heavy (non-hydrogen) atoms. The Hall–Kier alpha value is -1.10. The molecule has 0 radical (unpaired) electrons. The van der Waals surface area contributed by atoms with E-state index < -0.39 is 17.0 Å². The first kappa shape index (κ1) is 15.0. The Balaban J connectivity index is 2.95. The Morgan fingerprint density at radius 2 is 1.89 bits per heavy atom. The summed E-state index contributed by atoms with van der Waals surface area (Å²) in [6, 6.07) is 0.104. The molecule has 1 N–H and O–H groups in total. The fourth-order valence-electron chi connectivity index (χ4n) is 2.69. The maximum atomic E-state index is 12.1. The summed E-state index contributed by atoms with van der Waals surface area (Å²) in [5.41, 5.74) is -1.85. The van der Waals surface area contributed by atoms with Crippen LogP contribution in [0.4, 0.5) is 0 Å². The summed E-state index contributed by atoms with van der Waals surface area (Å²) in [4.78, 5) is 27.4. The van der Waals surface area contributed by atoms with Gasteiger partial charge < -0.3 is 14.9 Å². The van der Waals surface area contributed by atoms with Gasteiger partial charge in [0, 0.05) is 12.6 Å². The molecule has 0 atom stereocenters. The van der Waals surface area contributed by atoms with Crippen LogP contribution in [0.3, 0.4) is 0 Å². The lowest BCUT2D eigenvalue weighted by molar-refractivity contribution is -0.163. The van der Waals surface area contributed by atoms with E-state index in [-0.39, 0.29) is 18.5 Å². The zero-order chi connectivity index (χ0) is 14.3. The molecule has 0 bridgehead atoms. The Morgan fingerprint density at radius 3 is 2.22 bits per heavy atom. The third-order valence-corrected chi connectivity index (χ3v) is 3.15. The predicted molar refractivity (Wildman–Crippen MR) is 68.9 cm³/mol. The largest absolute Gasteiger partial charge is 0.381 e. The highest BCUT2D eigenvalue weighted by Crippen LogP contribution is 2.25. The quantitative estimate of drug-likeness (QED) is 0.787. The van der Waals surface area contributed by atoms with Crippen molar-refractivity contribution in [2.45, 2.75) is 58.7 Å². The minimum absolute atomic E-state index is 0.0461. The van der Waals surface area contributed by atoms with E-state index in [1.165, 1.54) is 18.7 Å². The molecule has 1 rings (SSSR count). The highest BCUT2D eigenvalue weighted by Gasteiger charge is 2.43. The zero-order valence-corrected chi connectivity index (χ0v) is 12.1. The second kappa shape index (κ2) is 4.53. The molecule has 104 valence electrons. The summed E-state index contributed by atoms with van der Waals surface area (Å²) in [7, 11) is 0. The van der Waals surface area contributed by atoms with Gasteiger partial charge in [0.2, 0.25) is 5.91 Å². The van der Waals surface area contributed by atoms with Crippen LogP contribution in [-0.2, 0) is 9.59 Å². The average Bonchev–Trinajstić information content (AvgIpc) is 2.11. The minimum atomic E-state index is -1.43. The summed E-state index contributed by atoms with van der Waals surface area (Å²) in [6.07, 6.45) is 0. The van der Waals surface area contributed by atoms with E-state index in [9.17, 15) is 14.7 Å². The molecule has 0 aromatic heterocycles. The van der Waals surface area contributed by atoms with Crippen molar-refractivity contribution in [3.63, 3.8) is 0 Å². The fraction of sp³-hybridized carbons (Fsp3) is 0.846. The maximum Gasteiger partial charge on any atom is 0.254 e. The van der Waals surface area contributed by atoms with Crippen molar-refractivity contribution >= 4 is 11.8 Å². The molecule has 1 aliphatic heterocycles. The standard InChI is InChI=1S/C13H24N2O3/c1-9(2)15-10(16)7-14(8-12(15,3)4)11(17)13(5,6)18/h9,18H,7-8H2,1-6H3. The molecular formula is C13H24N2O3. The van der Waals surface area contributed by atoms with Crippen LogP contribution in [0.25, 0.3) is 0 Å². The Morgan fingerprint density at radius 1 is 1.39 bits per heavy atom. The molecule has 2 amide bonds. The van der Waals surface area contributed by atoms with Crippen LogP contribution in [-0.4, -0.2) is 57.0 Å². The van der Waals surface area contributed by atoms with Gasteiger partial charge in [-0.15, -0.1) is 0 Å². The first-order chi connectivity index (χ1) is 7.97. The topological polar surface area (TPSA) is 60.9 Å². The second-order valence-electron chi connectivity index (χ2n) is 6.39. The van der Waals surface area contributed by atoms with Gasteiger partial charge in [-0.25, -0.2) is 0 Å². The van der Waals surface area contributed by atoms with Crippen LogP contribution >= 0.6 is 0 Å². The van der Waals surface area contributed by atoms with E-state index in [0.717, 1.165) is 0 Å². The molecule has 0 saturated carbocycles. The Bertz CT molecular complexity index is 356. The molecule has 0 aromatic carbocycles. The van der Waals surface area contributed by atoms with Gasteiger partial charge in [0.1, 0.15) is 5.60 Å². The van der Waals surface area contributed by atoms with Crippen LogP contribution in [0.15, 0.2) is 0 Å². The number of aliphatic hydroxyl groups is 1. The molecule has 0 unspecified atom stereocenters. The van der Waals surface area contributed by atoms with Crippen molar-refractivity contribution in [3.8, 4) is 0 Å². The first-order valence-corrected chi connectivity index (χ1v) is 6.31. The molecule has 0 aliphatic carbocycles. The Kier molecular flexibility index (Phi) is 3.77. The van der Waals surface area contributed by atoms with Crippen LogP contribution < -0.4 is 0 Å². The van der Waals surface area contributed by atoms with E-state index in [1.54, 1.807) is 4.90 Å². The molecule has 5 heteroatoms. The number of hydrogen-bond acceptors (Lipinski definition) is 3. The smallest absolute Gasteiger partial charge is 0.254 e. The molecule has 0 spiro atoms. The number of nitrogens with zero attached hydrogens (tertiary/aromatic N) is 2. The van der Waals surface area contributed by atoms with E-state index in [1.807, 2.05) is 27.7 Å². The highest BCUT2D eigenvalue weighted by molar-refractivity contribution is 5.90. The lowest BCUT2D eigenvalue weighted by Gasteiger charge is -2.49. The van der Waals surface area contributed by atoms with Crippen molar-refractivity contribution < 1.29 is 14.7 Å². The second-order valence-corrected chi connectivity index (χ2v) is 6.39. The van der Waals surface area contributed by atoms with Crippen molar-refractivity contribution in [1.29, 1.82) is 0 Å². The van der Waals surface area contributed by atoms with E-state index in [0.29, 0.717) is 6.54 Å². The van der Waals surface area contributed by atoms with Crippen molar-refractivity contribution in [2.24, 2.45) is 0 Å². The van der Waals surface area contributed by atoms with E-state index in [4.69, 9.17) is 0 Å². The van der Waals surface area contributed by atoms with Crippen molar-refractivity contribution in [3.05, 3.63) is 0 Å². The van der Waals surface area contributed by atoms with Gasteiger partial charge in [-0.3, -0.25) is 9.59 Å². The molecule has 0 aromatic rings. The lowest BCUT2D eigenvalue weighted by Crippen LogP contribution is -2.66. The van der Waals surface area contributed by atoms with Crippen molar-refractivity contribution in [2.75, 3.05) is 13.1 Å². The van der Waals surface area contributed by atoms with E-state index >= 15 is 0 Å². The number of amides is 2. The summed E-state index contributed by atoms with van der Waals surface area (Å²) in [5, 5.41) is 9.75. The zero-order valence-electron chi connectivity index (χ0n) is 12.1. The summed E-state index contributed by atoms with van der Waals surface area (Å²) in [6.45, 7) is 11.2. The van der Waals surface area contributed by atoms with Crippen LogP contribution in [0.2, 0.25) is 0 Å². The molecule has 1 saturated heterocycles. The number of carbonyl (C=O) groups excluding carboxylic acids is 2. The number of hydrogen-bond donors (Lipinski definition) is 1. The molecule has 1 aliphatic rings. The predicted octanol–water partition coefficient (Wildman–Crippen LogP) is 0.615. The van der Waals surface area contributed by atoms with Gasteiger partial charge in [-0.1, -0.05) is 0 Å². The summed E-state index contributed by atoms with van der Waals surface area (Å²) < 4.78 is 0. The molecule has 5 nitrogen and oxygen atoms in total. The number of rotatable bonds is 2. The molecular weight excluding hydrogens is 232 g/mol. The third-order valence-electron chi connectivity index (χ3n) is 3.15. The normalized spacial score (nSPS) is 20.6. The summed E-state index contributed by atoms with van der Waals surface area (Å²) >= 11 is 0. The SMILES string of the molecule is CC(C)N1C(=O)CN(C(=O)C(C)(C)O)CC1(C)C. The van der Waals surface area contributed by atoms with Gasteiger partial charge in [0.15, 0.2) is 0 Å². The van der Waals surface area contributed by atoms with Gasteiger partial charge in [0.05, 0.1) is 12.1 Å². The van der Waals surface area contributed by atoms with Crippen LogP contribution in [0.5, 0.6) is 0 Å². The van der Waals surface area contributed by atoms with Gasteiger partial charge in [-0.05, 0) is 41.5 Å². The fourth-order valence-corrected chi connectivity index (χ4v) is 2.69. The van der Waals surface area contributed by atoms with E-state index in [2.05, 4.69) is 0 Å². The monoisotopic (exact) mass is 256 g/mol. The highest BCUT2D eigenvalue weighted by atomic mass is 16.3. The molecule has 1 heterocycles. The van der Waals surface area contributed by atoms with Gasteiger partial charge >= 0.3 is 0 Å². The van der Waals surface area contributed by atoms with Crippen LogP contribution in [0.1, 0.15) is 41.5 Å². The summed E-state index contributed by atoms with van der Waals surface area (Å²) in [5.74, 6) is -0.466. The van der Waals surface area contributed by atoms with Gasteiger partial charge in [-0.2, -0.15) is 0 Å². The molecule has 1 fully saturated rings. The lowest BCUT2D eigenvalue weighted by atomic mass is 9.95. The third kappa shape index (κ3) is 2.83. The average molecular weight is 256 g/mol. The first-order valence-electron chi connectivity index (χ1n) is 6.31. The number of carbonyl (C=O) groups is 2.